The zero-order chi connectivity index (χ0) is 19.4. The van der Waals surface area contributed by atoms with E-state index >= 15 is 0 Å². The molecule has 0 aliphatic carbocycles. The van der Waals surface area contributed by atoms with E-state index in [2.05, 4.69) is 5.10 Å². The molecule has 0 spiro atoms. The van der Waals surface area contributed by atoms with E-state index in [9.17, 15) is 14.7 Å². The number of aromatic hydroxyl groups is 1. The topological polar surface area (TPSA) is 90.7 Å². The van der Waals surface area contributed by atoms with E-state index in [4.69, 9.17) is 9.47 Å². The largest absolute Gasteiger partial charge is 0.504 e. The predicted molar refractivity (Wildman–Crippen MR) is 99.0 cm³/mol. The fourth-order valence-corrected chi connectivity index (χ4v) is 2.65. The second kappa shape index (κ2) is 7.74. The molecular formula is C20H18N2O5. The highest BCUT2D eigenvalue weighted by Crippen LogP contribution is 2.30. The number of phenols is 1. The zero-order valence-corrected chi connectivity index (χ0v) is 14.9. The summed E-state index contributed by atoms with van der Waals surface area (Å²) in [5.74, 6) is -0.105. The molecule has 0 aliphatic heterocycles. The van der Waals surface area contributed by atoms with Gasteiger partial charge < -0.3 is 14.6 Å². The van der Waals surface area contributed by atoms with Crippen LogP contribution in [0.5, 0.6) is 11.5 Å². The molecule has 2 aromatic carbocycles. The predicted octanol–water partition coefficient (Wildman–Crippen LogP) is 2.46. The third-order valence-corrected chi connectivity index (χ3v) is 4.02. The maximum atomic E-state index is 12.2. The van der Waals surface area contributed by atoms with Crippen molar-refractivity contribution in [3.63, 3.8) is 0 Å². The first kappa shape index (κ1) is 18.2. The molecule has 7 nitrogen and oxygen atoms in total. The Labute approximate surface area is 155 Å². The van der Waals surface area contributed by atoms with Gasteiger partial charge in [-0.3, -0.25) is 4.79 Å². The van der Waals surface area contributed by atoms with Gasteiger partial charge in [-0.1, -0.05) is 12.1 Å². The van der Waals surface area contributed by atoms with Gasteiger partial charge in [-0.2, -0.15) is 5.10 Å². The van der Waals surface area contributed by atoms with Crippen molar-refractivity contribution in [2.45, 2.75) is 6.54 Å². The molecule has 3 rings (SSSR count). The number of phenolic OH excluding ortho intramolecular Hbond substituents is 1. The fraction of sp³-hybridized carbons (Fsp3) is 0.150. The SMILES string of the molecule is COC(=O)c1cccc(Cn2nc(-c3ccc(OC)c(O)c3)ccc2=O)c1. The molecule has 0 aliphatic rings. The van der Waals surface area contributed by atoms with Crippen molar-refractivity contribution < 1.29 is 19.4 Å². The van der Waals surface area contributed by atoms with Crippen LogP contribution in [0.4, 0.5) is 0 Å². The summed E-state index contributed by atoms with van der Waals surface area (Å²) in [5.41, 5.74) is 2.03. The van der Waals surface area contributed by atoms with Gasteiger partial charge in [0.05, 0.1) is 32.0 Å². The summed E-state index contributed by atoms with van der Waals surface area (Å²) in [6, 6.07) is 14.7. The first-order valence-corrected chi connectivity index (χ1v) is 8.14. The quantitative estimate of drug-likeness (QED) is 0.698. The Balaban J connectivity index is 1.94. The van der Waals surface area contributed by atoms with E-state index in [1.807, 2.05) is 0 Å². The molecule has 0 fully saturated rings. The first-order valence-electron chi connectivity index (χ1n) is 8.14. The Kier molecular flexibility index (Phi) is 5.21. The van der Waals surface area contributed by atoms with E-state index in [-0.39, 0.29) is 17.9 Å². The smallest absolute Gasteiger partial charge is 0.337 e. The molecule has 0 bridgehead atoms. The number of aromatic nitrogens is 2. The van der Waals surface area contributed by atoms with Gasteiger partial charge in [0.25, 0.3) is 5.56 Å². The molecule has 27 heavy (non-hydrogen) atoms. The van der Waals surface area contributed by atoms with Gasteiger partial charge in [0, 0.05) is 11.6 Å². The van der Waals surface area contributed by atoms with Crippen LogP contribution in [0.3, 0.4) is 0 Å². The Morgan fingerprint density at radius 1 is 1.11 bits per heavy atom. The Hall–Kier alpha value is -3.61. The van der Waals surface area contributed by atoms with Crippen LogP contribution in [-0.2, 0) is 11.3 Å². The van der Waals surface area contributed by atoms with Crippen molar-refractivity contribution >= 4 is 5.97 Å². The third-order valence-electron chi connectivity index (χ3n) is 4.02. The van der Waals surface area contributed by atoms with Gasteiger partial charge in [-0.25, -0.2) is 9.48 Å². The fourth-order valence-electron chi connectivity index (χ4n) is 2.65. The van der Waals surface area contributed by atoms with Crippen molar-refractivity contribution in [2.24, 2.45) is 0 Å². The Bertz CT molecular complexity index is 1040. The van der Waals surface area contributed by atoms with Crippen molar-refractivity contribution in [1.82, 2.24) is 9.78 Å². The molecule has 0 amide bonds. The third kappa shape index (κ3) is 3.98. The van der Waals surface area contributed by atoms with Gasteiger partial charge in [0.15, 0.2) is 11.5 Å². The van der Waals surface area contributed by atoms with E-state index < -0.39 is 5.97 Å². The minimum absolute atomic E-state index is 0.0136. The van der Waals surface area contributed by atoms with Crippen molar-refractivity contribution in [2.75, 3.05) is 14.2 Å². The van der Waals surface area contributed by atoms with Gasteiger partial charge in [-0.05, 0) is 42.0 Å². The van der Waals surface area contributed by atoms with Crippen LogP contribution in [0.25, 0.3) is 11.3 Å². The second-order valence-electron chi connectivity index (χ2n) is 5.79. The summed E-state index contributed by atoms with van der Waals surface area (Å²) in [6.07, 6.45) is 0. The van der Waals surface area contributed by atoms with E-state index in [0.29, 0.717) is 22.6 Å². The summed E-state index contributed by atoms with van der Waals surface area (Å²) >= 11 is 0. The summed E-state index contributed by atoms with van der Waals surface area (Å²) < 4.78 is 11.0. The van der Waals surface area contributed by atoms with Gasteiger partial charge >= 0.3 is 5.97 Å². The molecular weight excluding hydrogens is 348 g/mol. The van der Waals surface area contributed by atoms with Crippen molar-refractivity contribution in [3.05, 3.63) is 76.1 Å². The number of benzene rings is 2. The molecule has 0 unspecified atom stereocenters. The standard InChI is InChI=1S/C20H18N2O5/c1-26-18-8-6-14(11-17(18)23)16-7-9-19(24)22(21-16)12-13-4-3-5-15(10-13)20(25)27-2/h3-11,23H,12H2,1-2H3. The first-order chi connectivity index (χ1) is 13.0. The van der Waals surface area contributed by atoms with E-state index in [1.54, 1.807) is 42.5 Å². The maximum Gasteiger partial charge on any atom is 0.337 e. The summed E-state index contributed by atoms with van der Waals surface area (Å²) in [5, 5.41) is 14.3. The molecule has 0 atom stereocenters. The normalized spacial score (nSPS) is 10.4. The minimum Gasteiger partial charge on any atom is -0.504 e. The number of ether oxygens (including phenoxy) is 2. The number of nitrogens with zero attached hydrogens (tertiary/aromatic N) is 2. The van der Waals surface area contributed by atoms with Crippen molar-refractivity contribution in [1.29, 1.82) is 0 Å². The molecule has 1 N–H and O–H groups in total. The summed E-state index contributed by atoms with van der Waals surface area (Å²) in [6.45, 7) is 0.194. The lowest BCUT2D eigenvalue weighted by Gasteiger charge is -2.09. The maximum absolute atomic E-state index is 12.2. The lowest BCUT2D eigenvalue weighted by Crippen LogP contribution is -2.23. The van der Waals surface area contributed by atoms with E-state index in [1.165, 1.54) is 31.0 Å². The second-order valence-corrected chi connectivity index (χ2v) is 5.79. The Morgan fingerprint density at radius 2 is 1.93 bits per heavy atom. The van der Waals surface area contributed by atoms with Gasteiger partial charge in [0.2, 0.25) is 0 Å². The van der Waals surface area contributed by atoms with Crippen LogP contribution < -0.4 is 10.3 Å². The highest BCUT2D eigenvalue weighted by Gasteiger charge is 2.10. The van der Waals surface area contributed by atoms with Crippen LogP contribution in [0.2, 0.25) is 0 Å². The molecule has 138 valence electrons. The lowest BCUT2D eigenvalue weighted by molar-refractivity contribution is 0.0600. The van der Waals surface area contributed by atoms with E-state index in [0.717, 1.165) is 5.56 Å². The molecule has 1 aromatic heterocycles. The summed E-state index contributed by atoms with van der Waals surface area (Å²) in [7, 11) is 2.78. The van der Waals surface area contributed by atoms with Crippen LogP contribution in [0.15, 0.2) is 59.4 Å². The number of carbonyl (C=O) groups excluding carboxylic acids is 1. The summed E-state index contributed by atoms with van der Waals surface area (Å²) in [4.78, 5) is 23.9. The highest BCUT2D eigenvalue weighted by atomic mass is 16.5. The minimum atomic E-state index is -0.445. The van der Waals surface area contributed by atoms with Crippen molar-refractivity contribution in [3.8, 4) is 22.8 Å². The molecule has 3 aromatic rings. The zero-order valence-electron chi connectivity index (χ0n) is 14.9. The van der Waals surface area contributed by atoms with Gasteiger partial charge in [0.1, 0.15) is 0 Å². The Morgan fingerprint density at radius 3 is 2.63 bits per heavy atom. The number of rotatable bonds is 5. The van der Waals surface area contributed by atoms with Crippen LogP contribution in [-0.4, -0.2) is 35.1 Å². The number of esters is 1. The number of hydrogen-bond donors (Lipinski definition) is 1. The highest BCUT2D eigenvalue weighted by molar-refractivity contribution is 5.89. The lowest BCUT2D eigenvalue weighted by atomic mass is 10.1. The van der Waals surface area contributed by atoms with Gasteiger partial charge in [-0.15, -0.1) is 0 Å². The number of carbonyl (C=O) groups is 1. The molecule has 0 saturated carbocycles. The molecule has 7 heteroatoms. The van der Waals surface area contributed by atoms with Crippen LogP contribution in [0, 0.1) is 0 Å². The van der Waals surface area contributed by atoms with Crippen LogP contribution in [0.1, 0.15) is 15.9 Å². The molecule has 0 radical (unpaired) electrons. The van der Waals surface area contributed by atoms with Crippen LogP contribution >= 0.6 is 0 Å². The molecule has 0 saturated heterocycles. The number of hydrogen-bond acceptors (Lipinski definition) is 6. The number of methoxy groups -OCH3 is 2. The molecule has 1 heterocycles. The average molecular weight is 366 g/mol. The monoisotopic (exact) mass is 366 g/mol. The average Bonchev–Trinajstić information content (AvgIpc) is 2.69.